The lowest BCUT2D eigenvalue weighted by molar-refractivity contribution is -0.134. The average molecular weight is 515 g/mol. The van der Waals surface area contributed by atoms with Gasteiger partial charge < -0.3 is 14.3 Å². The van der Waals surface area contributed by atoms with E-state index in [1.807, 2.05) is 4.90 Å². The number of halogens is 2. The van der Waals surface area contributed by atoms with E-state index in [-0.39, 0.29) is 51.1 Å². The molecule has 0 bridgehead atoms. The van der Waals surface area contributed by atoms with E-state index < -0.39 is 15.6 Å². The number of rotatable bonds is 8. The summed E-state index contributed by atoms with van der Waals surface area (Å²) in [6.45, 7) is 0. The second-order valence-corrected chi connectivity index (χ2v) is 11.8. The Balaban J connectivity index is 1.41. The van der Waals surface area contributed by atoms with Gasteiger partial charge in [-0.05, 0) is 64.8 Å². The molecule has 8 nitrogen and oxygen atoms in total. The van der Waals surface area contributed by atoms with Gasteiger partial charge in [0, 0.05) is 18.1 Å². The fourth-order valence-electron chi connectivity index (χ4n) is 4.52. The Morgan fingerprint density at radius 3 is 2.27 bits per heavy atom. The SMILES string of the molecule is CN(C)C1CCC(N(C(=O)Cc2nc(CS(=O)(=O)c3cccc(Cl)c3Cl)no2)C2CC2)CC1. The summed E-state index contributed by atoms with van der Waals surface area (Å²) in [6.07, 6.45) is 6.12. The lowest BCUT2D eigenvalue weighted by Gasteiger charge is -2.39. The van der Waals surface area contributed by atoms with Gasteiger partial charge in [0.15, 0.2) is 15.7 Å². The van der Waals surface area contributed by atoms with Gasteiger partial charge in [0.05, 0.1) is 14.9 Å². The first-order valence-corrected chi connectivity index (χ1v) is 13.5. The molecule has 1 aromatic carbocycles. The maximum Gasteiger partial charge on any atom is 0.236 e. The number of hydrogen-bond acceptors (Lipinski definition) is 7. The van der Waals surface area contributed by atoms with E-state index in [9.17, 15) is 13.2 Å². The Kier molecular flexibility index (Phi) is 7.33. The zero-order chi connectivity index (χ0) is 23.8. The van der Waals surface area contributed by atoms with E-state index in [0.717, 1.165) is 38.5 Å². The largest absolute Gasteiger partial charge is 0.339 e. The summed E-state index contributed by atoms with van der Waals surface area (Å²) in [7, 11) is 0.368. The van der Waals surface area contributed by atoms with E-state index in [1.54, 1.807) is 0 Å². The summed E-state index contributed by atoms with van der Waals surface area (Å²) in [5.74, 6) is -0.430. The van der Waals surface area contributed by atoms with E-state index in [2.05, 4.69) is 29.1 Å². The van der Waals surface area contributed by atoms with Gasteiger partial charge in [0.2, 0.25) is 11.8 Å². The molecule has 0 saturated heterocycles. The van der Waals surface area contributed by atoms with Gasteiger partial charge >= 0.3 is 0 Å². The molecule has 0 aliphatic heterocycles. The molecule has 2 aliphatic carbocycles. The average Bonchev–Trinajstić information content (AvgIpc) is 3.50. The Bertz CT molecular complexity index is 1110. The molecule has 2 fully saturated rings. The van der Waals surface area contributed by atoms with Crippen molar-refractivity contribution in [1.82, 2.24) is 19.9 Å². The third-order valence-electron chi connectivity index (χ3n) is 6.40. The maximum atomic E-state index is 13.1. The molecule has 1 amide bonds. The molecule has 11 heteroatoms. The zero-order valence-electron chi connectivity index (χ0n) is 18.7. The van der Waals surface area contributed by atoms with Crippen LogP contribution in [0.2, 0.25) is 10.0 Å². The summed E-state index contributed by atoms with van der Waals surface area (Å²) in [5, 5.41) is 3.89. The van der Waals surface area contributed by atoms with Crippen LogP contribution in [0.25, 0.3) is 0 Å². The van der Waals surface area contributed by atoms with Crippen molar-refractivity contribution in [3.05, 3.63) is 40.0 Å². The Hall–Kier alpha value is -1.68. The van der Waals surface area contributed by atoms with Gasteiger partial charge in [-0.3, -0.25) is 4.79 Å². The van der Waals surface area contributed by atoms with Crippen LogP contribution in [0.3, 0.4) is 0 Å². The molecule has 180 valence electrons. The van der Waals surface area contributed by atoms with Crippen LogP contribution < -0.4 is 0 Å². The quantitative estimate of drug-likeness (QED) is 0.528. The number of amides is 1. The molecule has 33 heavy (non-hydrogen) atoms. The molecule has 1 heterocycles. The molecule has 2 aliphatic rings. The Labute approximate surface area is 204 Å². The summed E-state index contributed by atoms with van der Waals surface area (Å²) in [6, 6.07) is 5.48. The van der Waals surface area contributed by atoms with Crippen molar-refractivity contribution in [3.63, 3.8) is 0 Å². The Morgan fingerprint density at radius 1 is 1.06 bits per heavy atom. The van der Waals surface area contributed by atoms with Crippen molar-refractivity contribution >= 4 is 38.9 Å². The van der Waals surface area contributed by atoms with Crippen LogP contribution in [0.5, 0.6) is 0 Å². The molecule has 0 atom stereocenters. The molecular formula is C22H28Cl2N4O4S. The zero-order valence-corrected chi connectivity index (χ0v) is 21.0. The van der Waals surface area contributed by atoms with Crippen molar-refractivity contribution < 1.29 is 17.7 Å². The second-order valence-electron chi connectivity index (χ2n) is 9.05. The van der Waals surface area contributed by atoms with E-state index in [4.69, 9.17) is 27.7 Å². The van der Waals surface area contributed by atoms with E-state index >= 15 is 0 Å². The first kappa shape index (κ1) is 24.4. The second kappa shape index (κ2) is 9.90. The van der Waals surface area contributed by atoms with Crippen molar-refractivity contribution in [2.24, 2.45) is 0 Å². The van der Waals surface area contributed by atoms with Crippen molar-refractivity contribution in [2.75, 3.05) is 14.1 Å². The number of nitrogens with zero attached hydrogens (tertiary/aromatic N) is 4. The maximum absolute atomic E-state index is 13.1. The molecule has 0 radical (unpaired) electrons. The molecular weight excluding hydrogens is 487 g/mol. The van der Waals surface area contributed by atoms with Crippen LogP contribution in [-0.4, -0.2) is 66.5 Å². The lowest BCUT2D eigenvalue weighted by Crippen LogP contribution is -2.46. The number of aromatic nitrogens is 2. The highest BCUT2D eigenvalue weighted by Crippen LogP contribution is 2.35. The van der Waals surface area contributed by atoms with Crippen LogP contribution in [0, 0.1) is 0 Å². The van der Waals surface area contributed by atoms with Gasteiger partial charge in [0.1, 0.15) is 12.2 Å². The molecule has 4 rings (SSSR count). The molecule has 0 unspecified atom stereocenters. The highest BCUT2D eigenvalue weighted by molar-refractivity contribution is 7.90. The van der Waals surface area contributed by atoms with Gasteiger partial charge in [-0.1, -0.05) is 34.4 Å². The summed E-state index contributed by atoms with van der Waals surface area (Å²) < 4.78 is 30.7. The molecule has 1 aromatic heterocycles. The van der Waals surface area contributed by atoms with Gasteiger partial charge in [0.25, 0.3) is 0 Å². The minimum absolute atomic E-state index is 0.0155. The monoisotopic (exact) mass is 514 g/mol. The summed E-state index contributed by atoms with van der Waals surface area (Å²) in [5.41, 5.74) is 0. The lowest BCUT2D eigenvalue weighted by atomic mass is 9.89. The Morgan fingerprint density at radius 2 is 1.67 bits per heavy atom. The van der Waals surface area contributed by atoms with Crippen LogP contribution in [0.1, 0.15) is 50.2 Å². The third kappa shape index (κ3) is 5.70. The fourth-order valence-corrected chi connectivity index (χ4v) is 6.51. The van der Waals surface area contributed by atoms with Crippen LogP contribution in [-0.2, 0) is 26.8 Å². The molecule has 0 spiro atoms. The molecule has 2 saturated carbocycles. The van der Waals surface area contributed by atoms with Crippen LogP contribution in [0.4, 0.5) is 0 Å². The van der Waals surface area contributed by atoms with Gasteiger partial charge in [-0.15, -0.1) is 0 Å². The minimum Gasteiger partial charge on any atom is -0.339 e. The van der Waals surface area contributed by atoms with Gasteiger partial charge in [-0.25, -0.2) is 8.42 Å². The molecule has 0 N–H and O–H groups in total. The number of carbonyl (C=O) groups is 1. The number of hydrogen-bond donors (Lipinski definition) is 0. The number of carbonyl (C=O) groups excluding carboxylic acids is 1. The van der Waals surface area contributed by atoms with Crippen molar-refractivity contribution in [2.45, 2.75) is 73.7 Å². The summed E-state index contributed by atoms with van der Waals surface area (Å²) >= 11 is 12.0. The highest BCUT2D eigenvalue weighted by Gasteiger charge is 2.39. The van der Waals surface area contributed by atoms with Crippen molar-refractivity contribution in [3.8, 4) is 0 Å². The topological polar surface area (TPSA) is 96.6 Å². The van der Waals surface area contributed by atoms with Crippen LogP contribution in [0.15, 0.2) is 27.6 Å². The smallest absolute Gasteiger partial charge is 0.236 e. The standard InChI is InChI=1S/C22H28Cl2N4O4S/c1-27(2)14-6-8-15(9-7-14)28(16-10-11-16)21(29)12-20-25-19(26-32-20)13-33(30,31)18-5-3-4-17(23)22(18)24/h3-5,14-16H,6-13H2,1-2H3. The first-order valence-electron chi connectivity index (χ1n) is 11.1. The normalized spacial score (nSPS) is 21.4. The van der Waals surface area contributed by atoms with Crippen molar-refractivity contribution in [1.29, 1.82) is 0 Å². The van der Waals surface area contributed by atoms with Gasteiger partial charge in [-0.2, -0.15) is 4.98 Å². The summed E-state index contributed by atoms with van der Waals surface area (Å²) in [4.78, 5) is 21.5. The number of sulfone groups is 1. The first-order chi connectivity index (χ1) is 15.7. The minimum atomic E-state index is -3.83. The molecule has 2 aromatic rings. The fraction of sp³-hybridized carbons (Fsp3) is 0.591. The predicted molar refractivity (Wildman–Crippen MR) is 125 cm³/mol. The predicted octanol–water partition coefficient (Wildman–Crippen LogP) is 3.76. The van der Waals surface area contributed by atoms with Crippen LogP contribution >= 0.6 is 23.2 Å². The third-order valence-corrected chi connectivity index (χ3v) is 8.98. The van der Waals surface area contributed by atoms with E-state index in [0.29, 0.717) is 6.04 Å². The van der Waals surface area contributed by atoms with E-state index in [1.165, 1.54) is 18.2 Å². The number of benzene rings is 1. The highest BCUT2D eigenvalue weighted by atomic mass is 35.5.